The number of carbonyl (C=O) groups excluding carboxylic acids is 2. The van der Waals surface area contributed by atoms with Gasteiger partial charge in [0.25, 0.3) is 0 Å². The van der Waals surface area contributed by atoms with Gasteiger partial charge in [-0.15, -0.1) is 0 Å². The summed E-state index contributed by atoms with van der Waals surface area (Å²) < 4.78 is 4.79. The van der Waals surface area contributed by atoms with Gasteiger partial charge in [0.05, 0.1) is 18.7 Å². The molecule has 4 rings (SSSR count). The van der Waals surface area contributed by atoms with Crippen molar-refractivity contribution in [3.05, 3.63) is 65.7 Å². The van der Waals surface area contributed by atoms with Crippen molar-refractivity contribution in [2.45, 2.75) is 51.4 Å². The molecule has 2 aliphatic rings. The van der Waals surface area contributed by atoms with Crippen molar-refractivity contribution in [3.63, 3.8) is 0 Å². The molecule has 7 nitrogen and oxygen atoms in total. The standard InChI is InChI=1S/C28H38N4O3/c1-21-19-31(26-11-9-24(10-12-26)28(34)35-3)17-18-32(21)22(2)27(33)29-25-13-15-30(16-14-25)20-23-7-5-4-6-8-23/h4-12,21-22,25H,13-20H2,1-3H3,(H,29,33). The molecule has 188 valence electrons. The molecular formula is C28H38N4O3. The second-order valence-electron chi connectivity index (χ2n) is 9.79. The molecular weight excluding hydrogens is 440 g/mol. The van der Waals surface area contributed by atoms with Crippen LogP contribution in [0.25, 0.3) is 0 Å². The molecule has 2 aromatic rings. The van der Waals surface area contributed by atoms with Crippen LogP contribution in [-0.2, 0) is 16.1 Å². The maximum absolute atomic E-state index is 13.1. The van der Waals surface area contributed by atoms with Crippen molar-refractivity contribution in [1.29, 1.82) is 0 Å². The van der Waals surface area contributed by atoms with Gasteiger partial charge in [0.15, 0.2) is 0 Å². The summed E-state index contributed by atoms with van der Waals surface area (Å²) in [6, 6.07) is 18.5. The van der Waals surface area contributed by atoms with Crippen LogP contribution < -0.4 is 10.2 Å². The lowest BCUT2D eigenvalue weighted by atomic mass is 10.0. The summed E-state index contributed by atoms with van der Waals surface area (Å²) >= 11 is 0. The Morgan fingerprint density at radius 1 is 1.00 bits per heavy atom. The molecule has 7 heteroatoms. The highest BCUT2D eigenvalue weighted by atomic mass is 16.5. The molecule has 0 bridgehead atoms. The Hall–Kier alpha value is -2.90. The number of hydrogen-bond acceptors (Lipinski definition) is 6. The van der Waals surface area contributed by atoms with Crippen LogP contribution in [0.3, 0.4) is 0 Å². The molecule has 0 spiro atoms. The average molecular weight is 479 g/mol. The highest BCUT2D eigenvalue weighted by Gasteiger charge is 2.32. The predicted octanol–water partition coefficient (Wildman–Crippen LogP) is 3.15. The fraction of sp³-hybridized carbons (Fsp3) is 0.500. The Morgan fingerprint density at radius 3 is 2.31 bits per heavy atom. The number of nitrogens with one attached hydrogen (secondary N) is 1. The number of nitrogens with zero attached hydrogens (tertiary/aromatic N) is 3. The molecule has 2 fully saturated rings. The summed E-state index contributed by atoms with van der Waals surface area (Å²) in [4.78, 5) is 31.9. The number of carbonyl (C=O) groups is 2. The maximum atomic E-state index is 13.1. The van der Waals surface area contributed by atoms with Crippen LogP contribution in [0.15, 0.2) is 54.6 Å². The number of piperidine rings is 1. The lowest BCUT2D eigenvalue weighted by molar-refractivity contribution is -0.127. The fourth-order valence-electron chi connectivity index (χ4n) is 5.26. The highest BCUT2D eigenvalue weighted by molar-refractivity contribution is 5.89. The number of amides is 1. The van der Waals surface area contributed by atoms with Crippen molar-refractivity contribution in [2.75, 3.05) is 44.7 Å². The molecule has 2 atom stereocenters. The summed E-state index contributed by atoms with van der Waals surface area (Å²) in [5.41, 5.74) is 2.98. The van der Waals surface area contributed by atoms with Crippen LogP contribution in [0.5, 0.6) is 0 Å². The van der Waals surface area contributed by atoms with Gasteiger partial charge in [-0.3, -0.25) is 14.6 Å². The molecule has 2 saturated heterocycles. The zero-order valence-corrected chi connectivity index (χ0v) is 21.2. The van der Waals surface area contributed by atoms with Crippen LogP contribution in [0.2, 0.25) is 0 Å². The number of benzene rings is 2. The van der Waals surface area contributed by atoms with Gasteiger partial charge in [-0.1, -0.05) is 30.3 Å². The number of piperazine rings is 1. The molecule has 2 unspecified atom stereocenters. The van der Waals surface area contributed by atoms with E-state index in [1.165, 1.54) is 12.7 Å². The van der Waals surface area contributed by atoms with E-state index in [0.717, 1.165) is 57.8 Å². The highest BCUT2D eigenvalue weighted by Crippen LogP contribution is 2.22. The second kappa shape index (κ2) is 11.7. The van der Waals surface area contributed by atoms with Gasteiger partial charge in [-0.05, 0) is 56.5 Å². The Labute approximate surface area is 209 Å². The van der Waals surface area contributed by atoms with Crippen LogP contribution in [0.1, 0.15) is 42.6 Å². The molecule has 1 amide bonds. The van der Waals surface area contributed by atoms with Gasteiger partial charge >= 0.3 is 5.97 Å². The lowest BCUT2D eigenvalue weighted by Gasteiger charge is -2.43. The van der Waals surface area contributed by atoms with Gasteiger partial charge < -0.3 is 15.0 Å². The number of ether oxygens (including phenoxy) is 1. The quantitative estimate of drug-likeness (QED) is 0.617. The molecule has 0 saturated carbocycles. The van der Waals surface area contributed by atoms with Crippen molar-refractivity contribution >= 4 is 17.6 Å². The third kappa shape index (κ3) is 6.41. The van der Waals surface area contributed by atoms with Crippen LogP contribution >= 0.6 is 0 Å². The first-order valence-corrected chi connectivity index (χ1v) is 12.7. The first-order valence-electron chi connectivity index (χ1n) is 12.7. The topological polar surface area (TPSA) is 65.1 Å². The van der Waals surface area contributed by atoms with Gasteiger partial charge in [0, 0.05) is 57.0 Å². The van der Waals surface area contributed by atoms with E-state index in [4.69, 9.17) is 4.74 Å². The Kier molecular flexibility index (Phi) is 8.42. The zero-order valence-electron chi connectivity index (χ0n) is 21.2. The first kappa shape index (κ1) is 25.2. The van der Waals surface area contributed by atoms with E-state index < -0.39 is 0 Å². The second-order valence-corrected chi connectivity index (χ2v) is 9.79. The number of anilines is 1. The molecule has 2 aliphatic heterocycles. The minimum atomic E-state index is -0.323. The van der Waals surface area contributed by atoms with E-state index in [-0.39, 0.29) is 30.0 Å². The van der Waals surface area contributed by atoms with Crippen LogP contribution in [0, 0.1) is 0 Å². The maximum Gasteiger partial charge on any atom is 0.337 e. The first-order chi connectivity index (χ1) is 16.9. The zero-order chi connectivity index (χ0) is 24.8. The van der Waals surface area contributed by atoms with E-state index in [1.54, 1.807) is 12.1 Å². The summed E-state index contributed by atoms with van der Waals surface area (Å²) in [5.74, 6) is -0.189. The Morgan fingerprint density at radius 2 is 1.69 bits per heavy atom. The summed E-state index contributed by atoms with van der Waals surface area (Å²) in [6.45, 7) is 9.72. The number of esters is 1. The number of methoxy groups -OCH3 is 1. The monoisotopic (exact) mass is 478 g/mol. The summed E-state index contributed by atoms with van der Waals surface area (Å²) in [5, 5.41) is 3.32. The summed E-state index contributed by atoms with van der Waals surface area (Å²) in [7, 11) is 1.39. The minimum absolute atomic E-state index is 0.134. The molecule has 0 aromatic heterocycles. The predicted molar refractivity (Wildman–Crippen MR) is 139 cm³/mol. The number of hydrogen-bond donors (Lipinski definition) is 1. The van der Waals surface area contributed by atoms with Gasteiger partial charge in [0.2, 0.25) is 5.91 Å². The van der Waals surface area contributed by atoms with E-state index >= 15 is 0 Å². The van der Waals surface area contributed by atoms with Gasteiger partial charge in [-0.2, -0.15) is 0 Å². The Balaban J connectivity index is 1.23. The van der Waals surface area contributed by atoms with Gasteiger partial charge in [0.1, 0.15) is 0 Å². The molecule has 35 heavy (non-hydrogen) atoms. The van der Waals surface area contributed by atoms with Gasteiger partial charge in [-0.25, -0.2) is 4.79 Å². The smallest absolute Gasteiger partial charge is 0.337 e. The van der Waals surface area contributed by atoms with E-state index in [0.29, 0.717) is 5.56 Å². The Bertz CT molecular complexity index is 973. The molecule has 2 heterocycles. The summed E-state index contributed by atoms with van der Waals surface area (Å²) in [6.07, 6.45) is 1.99. The molecule has 0 aliphatic carbocycles. The molecule has 0 radical (unpaired) electrons. The molecule has 2 aromatic carbocycles. The number of likely N-dealkylation sites (tertiary alicyclic amines) is 1. The SMILES string of the molecule is COC(=O)c1ccc(N2CCN(C(C)C(=O)NC3CCN(Cc4ccccc4)CC3)C(C)C2)cc1. The largest absolute Gasteiger partial charge is 0.465 e. The number of rotatable bonds is 7. The van der Waals surface area contributed by atoms with Crippen LogP contribution in [0.4, 0.5) is 5.69 Å². The van der Waals surface area contributed by atoms with Crippen molar-refractivity contribution in [1.82, 2.24) is 15.1 Å². The van der Waals surface area contributed by atoms with Crippen LogP contribution in [-0.4, -0.2) is 79.6 Å². The normalized spacial score (nSPS) is 20.9. The minimum Gasteiger partial charge on any atom is -0.465 e. The lowest BCUT2D eigenvalue weighted by Crippen LogP contribution is -2.59. The average Bonchev–Trinajstić information content (AvgIpc) is 2.89. The fourth-order valence-corrected chi connectivity index (χ4v) is 5.26. The molecule has 1 N–H and O–H groups in total. The van der Waals surface area contributed by atoms with Crippen molar-refractivity contribution < 1.29 is 14.3 Å². The third-order valence-electron chi connectivity index (χ3n) is 7.39. The third-order valence-corrected chi connectivity index (χ3v) is 7.39. The van der Waals surface area contributed by atoms with E-state index in [9.17, 15) is 9.59 Å². The van der Waals surface area contributed by atoms with Crippen molar-refractivity contribution in [3.8, 4) is 0 Å². The van der Waals surface area contributed by atoms with E-state index in [2.05, 4.69) is 57.3 Å². The van der Waals surface area contributed by atoms with E-state index in [1.807, 2.05) is 19.1 Å². The van der Waals surface area contributed by atoms with Crippen molar-refractivity contribution in [2.24, 2.45) is 0 Å².